The maximum Gasteiger partial charge on any atom is 0.0477 e. The quantitative estimate of drug-likeness (QED) is 0.927. The molecule has 0 spiro atoms. The number of aryl methyl sites for hydroxylation is 1. The molecule has 1 aromatic carbocycles. The number of halogens is 2. The molecule has 2 heterocycles. The standard InChI is InChI=1S/C17H20ClN3.ClH/c1-13-5-6-19-10-15(13)12-21-8-7-20-11-17(21)14-3-2-4-16(18)9-14;/h2-6,9-10,17,20H,7-8,11-12H2,1H3;1H. The van der Waals surface area contributed by atoms with Crippen LogP contribution in [0.3, 0.4) is 0 Å². The van der Waals surface area contributed by atoms with Crippen LogP contribution in [0, 0.1) is 6.92 Å². The molecule has 1 saturated heterocycles. The molecule has 0 aliphatic carbocycles. The smallest absolute Gasteiger partial charge is 0.0477 e. The third-order valence-electron chi connectivity index (χ3n) is 4.11. The normalized spacial score (nSPS) is 18.7. The molecule has 1 aliphatic rings. The maximum absolute atomic E-state index is 6.15. The van der Waals surface area contributed by atoms with E-state index in [1.807, 2.05) is 24.5 Å². The average Bonchev–Trinajstić information content (AvgIpc) is 2.50. The fourth-order valence-electron chi connectivity index (χ4n) is 2.86. The highest BCUT2D eigenvalue weighted by atomic mass is 35.5. The van der Waals surface area contributed by atoms with Crippen LogP contribution < -0.4 is 5.32 Å². The fraction of sp³-hybridized carbons (Fsp3) is 0.353. The Balaban J connectivity index is 0.00000176. The van der Waals surface area contributed by atoms with Crippen molar-refractivity contribution < 1.29 is 0 Å². The number of pyridine rings is 1. The summed E-state index contributed by atoms with van der Waals surface area (Å²) in [7, 11) is 0. The lowest BCUT2D eigenvalue weighted by molar-refractivity contribution is 0.153. The van der Waals surface area contributed by atoms with E-state index >= 15 is 0 Å². The van der Waals surface area contributed by atoms with Crippen LogP contribution in [-0.2, 0) is 6.54 Å². The number of benzene rings is 1. The monoisotopic (exact) mass is 337 g/mol. The Hall–Kier alpha value is -1.13. The molecule has 0 bridgehead atoms. The molecule has 1 unspecified atom stereocenters. The van der Waals surface area contributed by atoms with Gasteiger partial charge in [-0.3, -0.25) is 9.88 Å². The molecule has 118 valence electrons. The van der Waals surface area contributed by atoms with Crippen LogP contribution in [0.1, 0.15) is 22.7 Å². The third-order valence-corrected chi connectivity index (χ3v) is 4.34. The van der Waals surface area contributed by atoms with Gasteiger partial charge in [0.15, 0.2) is 0 Å². The number of hydrogen-bond acceptors (Lipinski definition) is 3. The second kappa shape index (κ2) is 7.93. The number of hydrogen-bond donors (Lipinski definition) is 1. The minimum atomic E-state index is 0. The van der Waals surface area contributed by atoms with Crippen molar-refractivity contribution in [2.24, 2.45) is 0 Å². The summed E-state index contributed by atoms with van der Waals surface area (Å²) in [6.07, 6.45) is 3.83. The number of nitrogens with zero attached hydrogens (tertiary/aromatic N) is 2. The Bertz CT molecular complexity index is 618. The maximum atomic E-state index is 6.15. The highest BCUT2D eigenvalue weighted by molar-refractivity contribution is 6.30. The summed E-state index contributed by atoms with van der Waals surface area (Å²) in [5, 5.41) is 4.28. The minimum absolute atomic E-state index is 0. The Morgan fingerprint density at radius 2 is 2.23 bits per heavy atom. The summed E-state index contributed by atoms with van der Waals surface area (Å²) in [6.45, 7) is 6.09. The van der Waals surface area contributed by atoms with Gasteiger partial charge in [0.2, 0.25) is 0 Å². The van der Waals surface area contributed by atoms with Crippen molar-refractivity contribution in [1.29, 1.82) is 0 Å². The predicted molar refractivity (Wildman–Crippen MR) is 93.7 cm³/mol. The van der Waals surface area contributed by atoms with Crippen molar-refractivity contribution >= 4 is 24.0 Å². The highest BCUT2D eigenvalue weighted by Crippen LogP contribution is 2.26. The molecule has 2 aromatic rings. The highest BCUT2D eigenvalue weighted by Gasteiger charge is 2.24. The molecule has 1 N–H and O–H groups in total. The molecule has 0 saturated carbocycles. The van der Waals surface area contributed by atoms with E-state index in [0.29, 0.717) is 6.04 Å². The van der Waals surface area contributed by atoms with E-state index in [9.17, 15) is 0 Å². The largest absolute Gasteiger partial charge is 0.314 e. The Morgan fingerprint density at radius 1 is 1.36 bits per heavy atom. The van der Waals surface area contributed by atoms with E-state index in [1.54, 1.807) is 0 Å². The van der Waals surface area contributed by atoms with Crippen molar-refractivity contribution in [3.8, 4) is 0 Å². The topological polar surface area (TPSA) is 28.2 Å². The van der Waals surface area contributed by atoms with Crippen LogP contribution in [0.2, 0.25) is 5.02 Å². The second-order valence-corrected chi connectivity index (χ2v) is 5.98. The average molecular weight is 338 g/mol. The third kappa shape index (κ3) is 3.99. The number of nitrogens with one attached hydrogen (secondary N) is 1. The van der Waals surface area contributed by atoms with Crippen molar-refractivity contribution in [3.05, 3.63) is 64.4 Å². The van der Waals surface area contributed by atoms with E-state index < -0.39 is 0 Å². The van der Waals surface area contributed by atoms with Crippen LogP contribution in [0.4, 0.5) is 0 Å². The summed E-state index contributed by atoms with van der Waals surface area (Å²) in [5.74, 6) is 0. The van der Waals surface area contributed by atoms with Gasteiger partial charge in [0.05, 0.1) is 0 Å². The Labute approximate surface area is 143 Å². The Morgan fingerprint density at radius 3 is 3.00 bits per heavy atom. The van der Waals surface area contributed by atoms with Crippen LogP contribution in [-0.4, -0.2) is 29.5 Å². The summed E-state index contributed by atoms with van der Waals surface area (Å²) in [6, 6.07) is 10.6. The zero-order chi connectivity index (χ0) is 14.7. The van der Waals surface area contributed by atoms with Crippen molar-refractivity contribution in [3.63, 3.8) is 0 Å². The summed E-state index contributed by atoms with van der Waals surface area (Å²) in [4.78, 5) is 6.77. The van der Waals surface area contributed by atoms with Gasteiger partial charge in [0.25, 0.3) is 0 Å². The zero-order valence-electron chi connectivity index (χ0n) is 12.6. The van der Waals surface area contributed by atoms with Crippen molar-refractivity contribution in [1.82, 2.24) is 15.2 Å². The first-order valence-electron chi connectivity index (χ1n) is 7.34. The summed E-state index contributed by atoms with van der Waals surface area (Å²) in [5.41, 5.74) is 3.87. The van der Waals surface area contributed by atoms with Crippen molar-refractivity contribution in [2.75, 3.05) is 19.6 Å². The first-order valence-corrected chi connectivity index (χ1v) is 7.71. The van der Waals surface area contributed by atoms with Gasteiger partial charge in [-0.25, -0.2) is 0 Å². The van der Waals surface area contributed by atoms with E-state index in [4.69, 9.17) is 11.6 Å². The van der Waals surface area contributed by atoms with Gasteiger partial charge in [-0.2, -0.15) is 0 Å². The van der Waals surface area contributed by atoms with Gasteiger partial charge >= 0.3 is 0 Å². The van der Waals surface area contributed by atoms with E-state index in [2.05, 4.69) is 40.3 Å². The van der Waals surface area contributed by atoms with Crippen LogP contribution in [0.5, 0.6) is 0 Å². The summed E-state index contributed by atoms with van der Waals surface area (Å²) >= 11 is 6.15. The fourth-order valence-corrected chi connectivity index (χ4v) is 3.06. The lowest BCUT2D eigenvalue weighted by Gasteiger charge is -2.36. The predicted octanol–water partition coefficient (Wildman–Crippen LogP) is 3.61. The lowest BCUT2D eigenvalue weighted by Crippen LogP contribution is -2.45. The lowest BCUT2D eigenvalue weighted by atomic mass is 10.0. The number of aromatic nitrogens is 1. The SMILES string of the molecule is Cc1ccncc1CN1CCNCC1c1cccc(Cl)c1.Cl. The molecule has 1 fully saturated rings. The molecule has 1 atom stereocenters. The van der Waals surface area contributed by atoms with E-state index in [1.165, 1.54) is 16.7 Å². The minimum Gasteiger partial charge on any atom is -0.314 e. The van der Waals surface area contributed by atoms with Gasteiger partial charge in [0, 0.05) is 49.6 Å². The first-order chi connectivity index (χ1) is 10.2. The van der Waals surface area contributed by atoms with Gasteiger partial charge < -0.3 is 5.32 Å². The first kappa shape index (κ1) is 17.2. The molecule has 1 aromatic heterocycles. The van der Waals surface area contributed by atoms with E-state index in [0.717, 1.165) is 31.2 Å². The van der Waals surface area contributed by atoms with Crippen LogP contribution >= 0.6 is 24.0 Å². The van der Waals surface area contributed by atoms with Gasteiger partial charge in [-0.15, -0.1) is 12.4 Å². The molecule has 0 amide bonds. The van der Waals surface area contributed by atoms with Gasteiger partial charge in [-0.1, -0.05) is 23.7 Å². The number of piperazine rings is 1. The van der Waals surface area contributed by atoms with Crippen molar-refractivity contribution in [2.45, 2.75) is 19.5 Å². The summed E-state index contributed by atoms with van der Waals surface area (Å²) < 4.78 is 0. The number of rotatable bonds is 3. The van der Waals surface area contributed by atoms with Gasteiger partial charge in [0.1, 0.15) is 0 Å². The molecule has 3 rings (SSSR count). The van der Waals surface area contributed by atoms with Gasteiger partial charge in [-0.05, 0) is 41.8 Å². The van der Waals surface area contributed by atoms with E-state index in [-0.39, 0.29) is 12.4 Å². The molecule has 22 heavy (non-hydrogen) atoms. The molecule has 5 heteroatoms. The second-order valence-electron chi connectivity index (χ2n) is 5.55. The molecule has 0 radical (unpaired) electrons. The molecular formula is C17H21Cl2N3. The molecule has 3 nitrogen and oxygen atoms in total. The van der Waals surface area contributed by atoms with Crippen LogP contribution in [0.15, 0.2) is 42.7 Å². The molecular weight excluding hydrogens is 317 g/mol. The van der Waals surface area contributed by atoms with Crippen LogP contribution in [0.25, 0.3) is 0 Å². The molecule has 1 aliphatic heterocycles. The zero-order valence-corrected chi connectivity index (χ0v) is 14.2. The Kier molecular flexibility index (Phi) is 6.21.